The van der Waals surface area contributed by atoms with Crippen molar-refractivity contribution in [3.63, 3.8) is 0 Å². The summed E-state index contributed by atoms with van der Waals surface area (Å²) in [5, 5.41) is 51.9. The minimum atomic E-state index is -1.93. The lowest BCUT2D eigenvalue weighted by molar-refractivity contribution is -0.115. The van der Waals surface area contributed by atoms with E-state index < -0.39 is 42.1 Å². The molecule has 3 aromatic rings. The highest BCUT2D eigenvalue weighted by molar-refractivity contribution is 6.15. The van der Waals surface area contributed by atoms with Crippen LogP contribution in [0.4, 0.5) is 0 Å². The molecule has 3 unspecified atom stereocenters. The Morgan fingerprint density at radius 3 is 2.63 bits per heavy atom. The number of hydrogen-bond donors (Lipinski definition) is 5. The number of phenols is 2. The normalized spacial score (nSPS) is 24.6. The molecule has 182 valence electrons. The van der Waals surface area contributed by atoms with E-state index in [2.05, 4.69) is 0 Å². The van der Waals surface area contributed by atoms with Crippen molar-refractivity contribution in [1.29, 1.82) is 0 Å². The molecule has 3 aliphatic rings. The molecule has 0 bridgehead atoms. The lowest BCUT2D eigenvalue weighted by Crippen LogP contribution is -2.48. The van der Waals surface area contributed by atoms with Gasteiger partial charge < -0.3 is 49.2 Å². The molecule has 35 heavy (non-hydrogen) atoms. The summed E-state index contributed by atoms with van der Waals surface area (Å²) in [4.78, 5) is 12.9. The fraction of sp³-hybridized carbons (Fsp3) is 0.292. The van der Waals surface area contributed by atoms with Gasteiger partial charge in [0.2, 0.25) is 13.1 Å². The van der Waals surface area contributed by atoms with Gasteiger partial charge in [-0.15, -0.1) is 0 Å². The van der Waals surface area contributed by atoms with Gasteiger partial charge in [0.05, 0.1) is 18.8 Å². The van der Waals surface area contributed by atoms with E-state index in [9.17, 15) is 30.3 Å². The first-order valence-electron chi connectivity index (χ1n) is 10.7. The van der Waals surface area contributed by atoms with E-state index in [1.807, 2.05) is 0 Å². The molecular formula is C24H20O11. The number of aliphatic hydroxyl groups excluding tert-OH is 2. The number of esters is 1. The minimum absolute atomic E-state index is 0.0440. The third kappa shape index (κ3) is 3.09. The van der Waals surface area contributed by atoms with Gasteiger partial charge in [0.15, 0.2) is 23.0 Å². The van der Waals surface area contributed by atoms with Crippen LogP contribution in [0.2, 0.25) is 0 Å². The first kappa shape index (κ1) is 21.7. The fourth-order valence-corrected chi connectivity index (χ4v) is 4.63. The molecule has 5 N–H and O–H groups in total. The molecule has 6 rings (SSSR count). The SMILES string of the molecule is O=C1OCc2c1c(-c1ccc3c(c1)OCO3)c1c(O)c(O)ccc1c2OC1OCC(O)(CO)C1O. The number of carbonyl (C=O) groups excluding carboxylic acids is 1. The molecule has 11 nitrogen and oxygen atoms in total. The average molecular weight is 484 g/mol. The van der Waals surface area contributed by atoms with E-state index in [1.54, 1.807) is 18.2 Å². The van der Waals surface area contributed by atoms with E-state index in [4.69, 9.17) is 23.7 Å². The average Bonchev–Trinajstić information content (AvgIpc) is 3.55. The second-order valence-electron chi connectivity index (χ2n) is 8.56. The van der Waals surface area contributed by atoms with Crippen LogP contribution in [0.1, 0.15) is 15.9 Å². The Hall–Kier alpha value is -3.77. The molecule has 3 heterocycles. The van der Waals surface area contributed by atoms with Crippen molar-refractivity contribution in [3.05, 3.63) is 41.5 Å². The highest BCUT2D eigenvalue weighted by Gasteiger charge is 2.50. The zero-order valence-electron chi connectivity index (χ0n) is 18.1. The predicted octanol–water partition coefficient (Wildman–Crippen LogP) is 1.14. The largest absolute Gasteiger partial charge is 0.504 e. The molecule has 3 aliphatic heterocycles. The Labute approximate surface area is 197 Å². The second kappa shape index (κ2) is 7.62. The number of fused-ring (bicyclic) bond motifs is 3. The Morgan fingerprint density at radius 1 is 1.06 bits per heavy atom. The van der Waals surface area contributed by atoms with Crippen molar-refractivity contribution in [2.75, 3.05) is 20.0 Å². The van der Waals surface area contributed by atoms with Gasteiger partial charge in [-0.1, -0.05) is 6.07 Å². The molecule has 0 radical (unpaired) electrons. The summed E-state index contributed by atoms with van der Waals surface area (Å²) in [6.07, 6.45) is -2.99. The number of aromatic hydroxyl groups is 2. The number of hydrogen-bond acceptors (Lipinski definition) is 11. The maximum atomic E-state index is 12.9. The second-order valence-corrected chi connectivity index (χ2v) is 8.56. The molecule has 0 spiro atoms. The van der Waals surface area contributed by atoms with Gasteiger partial charge >= 0.3 is 5.97 Å². The molecule has 0 amide bonds. The fourth-order valence-electron chi connectivity index (χ4n) is 4.63. The van der Waals surface area contributed by atoms with Crippen LogP contribution in [0.5, 0.6) is 28.7 Å². The highest BCUT2D eigenvalue weighted by Crippen LogP contribution is 2.51. The Morgan fingerprint density at radius 2 is 1.86 bits per heavy atom. The predicted molar refractivity (Wildman–Crippen MR) is 116 cm³/mol. The van der Waals surface area contributed by atoms with Crippen LogP contribution in [0.3, 0.4) is 0 Å². The molecule has 11 heteroatoms. The third-order valence-corrected chi connectivity index (χ3v) is 6.50. The molecule has 0 aliphatic carbocycles. The molecule has 1 fully saturated rings. The van der Waals surface area contributed by atoms with Crippen LogP contribution >= 0.6 is 0 Å². The van der Waals surface area contributed by atoms with Crippen molar-refractivity contribution in [1.82, 2.24) is 0 Å². The molecule has 3 atom stereocenters. The standard InChI is InChI=1S/C24H20O11/c25-7-24(30)8-32-23(21(24)28)35-20-11-2-3-13(26)19(27)17(11)16(18-12(20)6-31-22(18)29)10-1-4-14-15(5-10)34-9-33-14/h1-5,21,23,25-28,30H,6-9H2. The van der Waals surface area contributed by atoms with Crippen LogP contribution < -0.4 is 14.2 Å². The van der Waals surface area contributed by atoms with Crippen molar-refractivity contribution in [2.24, 2.45) is 0 Å². The summed E-state index contributed by atoms with van der Waals surface area (Å²) in [5.74, 6) is -0.575. The summed E-state index contributed by atoms with van der Waals surface area (Å²) in [6, 6.07) is 7.74. The van der Waals surface area contributed by atoms with Gasteiger partial charge in [-0.25, -0.2) is 4.79 Å². The Bertz CT molecular complexity index is 1380. The lowest BCUT2D eigenvalue weighted by Gasteiger charge is -2.25. The number of benzene rings is 3. The molecule has 0 aromatic heterocycles. The van der Waals surface area contributed by atoms with Crippen molar-refractivity contribution in [3.8, 4) is 39.9 Å². The number of cyclic esters (lactones) is 1. The highest BCUT2D eigenvalue weighted by atomic mass is 16.7. The van der Waals surface area contributed by atoms with Gasteiger partial charge in [-0.2, -0.15) is 0 Å². The van der Waals surface area contributed by atoms with Crippen LogP contribution in [0, 0.1) is 0 Å². The van der Waals surface area contributed by atoms with Gasteiger partial charge in [-0.3, -0.25) is 0 Å². The van der Waals surface area contributed by atoms with E-state index >= 15 is 0 Å². The molecule has 3 aromatic carbocycles. The summed E-state index contributed by atoms with van der Waals surface area (Å²) < 4.78 is 27.4. The summed E-state index contributed by atoms with van der Waals surface area (Å²) in [7, 11) is 0. The maximum absolute atomic E-state index is 12.9. The zero-order valence-corrected chi connectivity index (χ0v) is 18.1. The monoisotopic (exact) mass is 484 g/mol. The van der Waals surface area contributed by atoms with Crippen LogP contribution in [0.25, 0.3) is 21.9 Å². The summed E-state index contributed by atoms with van der Waals surface area (Å²) in [6.45, 7) is -1.26. The zero-order chi connectivity index (χ0) is 24.5. The van der Waals surface area contributed by atoms with Crippen molar-refractivity contribution < 1.29 is 54.0 Å². The third-order valence-electron chi connectivity index (χ3n) is 6.50. The number of rotatable bonds is 4. The van der Waals surface area contributed by atoms with Crippen LogP contribution in [0.15, 0.2) is 30.3 Å². The quantitative estimate of drug-likeness (QED) is 0.266. The van der Waals surface area contributed by atoms with Crippen molar-refractivity contribution in [2.45, 2.75) is 24.6 Å². The van der Waals surface area contributed by atoms with Gasteiger partial charge in [0.1, 0.15) is 24.1 Å². The minimum Gasteiger partial charge on any atom is -0.504 e. The molecule has 0 saturated carbocycles. The van der Waals surface area contributed by atoms with E-state index in [-0.39, 0.29) is 42.3 Å². The number of ether oxygens (including phenoxy) is 5. The number of aliphatic hydroxyl groups is 3. The van der Waals surface area contributed by atoms with E-state index in [0.29, 0.717) is 28.0 Å². The van der Waals surface area contributed by atoms with Gasteiger partial charge in [0, 0.05) is 21.9 Å². The number of carbonyl (C=O) groups is 1. The lowest BCUT2D eigenvalue weighted by atomic mass is 9.88. The topological polar surface area (TPSA) is 164 Å². The van der Waals surface area contributed by atoms with Gasteiger partial charge in [0.25, 0.3) is 0 Å². The van der Waals surface area contributed by atoms with Crippen molar-refractivity contribution >= 4 is 16.7 Å². The smallest absolute Gasteiger partial charge is 0.339 e. The Kier molecular flexibility index (Phi) is 4.73. The maximum Gasteiger partial charge on any atom is 0.339 e. The summed E-state index contributed by atoms with van der Waals surface area (Å²) >= 11 is 0. The molecular weight excluding hydrogens is 464 g/mol. The van der Waals surface area contributed by atoms with E-state index in [1.165, 1.54) is 12.1 Å². The summed E-state index contributed by atoms with van der Waals surface area (Å²) in [5.41, 5.74) is -0.722. The van der Waals surface area contributed by atoms with Crippen LogP contribution in [-0.4, -0.2) is 69.5 Å². The number of phenolic OH excluding ortho intramolecular Hbond substituents is 2. The Balaban J connectivity index is 1.60. The molecule has 1 saturated heterocycles. The first-order valence-corrected chi connectivity index (χ1v) is 10.7. The first-order chi connectivity index (χ1) is 16.8. The van der Waals surface area contributed by atoms with Gasteiger partial charge in [-0.05, 0) is 29.8 Å². The van der Waals surface area contributed by atoms with Crippen LogP contribution in [-0.2, 0) is 16.1 Å². The van der Waals surface area contributed by atoms with E-state index in [0.717, 1.165) is 0 Å².